The molecule has 0 spiro atoms. The predicted molar refractivity (Wildman–Crippen MR) is 72.0 cm³/mol. The van der Waals surface area contributed by atoms with Gasteiger partial charge in [-0.3, -0.25) is 4.79 Å². The third-order valence-corrected chi connectivity index (χ3v) is 2.84. The first kappa shape index (κ1) is 16.2. The van der Waals surface area contributed by atoms with Crippen LogP contribution in [0.2, 0.25) is 0 Å². The summed E-state index contributed by atoms with van der Waals surface area (Å²) < 4.78 is 29.3. The first-order chi connectivity index (χ1) is 9.52. The Morgan fingerprint density at radius 3 is 2.70 bits per heavy atom. The Balaban J connectivity index is 2.55. The summed E-state index contributed by atoms with van der Waals surface area (Å²) in [4.78, 5) is 22.8. The summed E-state index contributed by atoms with van der Waals surface area (Å²) in [5.74, 6) is -3.15. The standard InChI is InChI=1S/C12H14F2N2O3S/c1-2-19-10(17)7-15-12(18)16-8-5-3-4-6-9(8)20-11(13)14/h3-6,11H,2,7H2,1H3,(H2,15,16,18). The fourth-order valence-corrected chi connectivity index (χ4v) is 1.89. The van der Waals surface area contributed by atoms with E-state index in [4.69, 9.17) is 0 Å². The van der Waals surface area contributed by atoms with Crippen LogP contribution in [0.1, 0.15) is 6.92 Å². The summed E-state index contributed by atoms with van der Waals surface area (Å²) in [5.41, 5.74) is 0.249. The van der Waals surface area contributed by atoms with E-state index in [0.29, 0.717) is 11.8 Å². The highest BCUT2D eigenvalue weighted by atomic mass is 32.2. The predicted octanol–water partition coefficient (Wildman–Crippen LogP) is 2.69. The average molecular weight is 304 g/mol. The molecule has 0 unspecified atom stereocenters. The van der Waals surface area contributed by atoms with Gasteiger partial charge in [-0.1, -0.05) is 23.9 Å². The molecular weight excluding hydrogens is 290 g/mol. The van der Waals surface area contributed by atoms with Crippen LogP contribution in [-0.2, 0) is 9.53 Å². The summed E-state index contributed by atoms with van der Waals surface area (Å²) in [6.07, 6.45) is 0. The number of ether oxygens (including phenoxy) is 1. The van der Waals surface area contributed by atoms with Crippen LogP contribution in [0.25, 0.3) is 0 Å². The van der Waals surface area contributed by atoms with E-state index in [2.05, 4.69) is 15.4 Å². The summed E-state index contributed by atoms with van der Waals surface area (Å²) in [6, 6.07) is 5.50. The lowest BCUT2D eigenvalue weighted by Gasteiger charge is -2.11. The molecule has 1 rings (SSSR count). The van der Waals surface area contributed by atoms with E-state index in [9.17, 15) is 18.4 Å². The number of urea groups is 1. The van der Waals surface area contributed by atoms with Crippen LogP contribution >= 0.6 is 11.8 Å². The van der Waals surface area contributed by atoms with Gasteiger partial charge in [-0.15, -0.1) is 0 Å². The minimum Gasteiger partial charge on any atom is -0.465 e. The number of anilines is 1. The molecule has 1 aromatic carbocycles. The van der Waals surface area contributed by atoms with E-state index in [1.807, 2.05) is 0 Å². The molecule has 20 heavy (non-hydrogen) atoms. The maximum atomic E-state index is 12.4. The summed E-state index contributed by atoms with van der Waals surface area (Å²) in [7, 11) is 0. The Kier molecular flexibility index (Phi) is 6.78. The second kappa shape index (κ2) is 8.36. The zero-order valence-electron chi connectivity index (χ0n) is 10.7. The van der Waals surface area contributed by atoms with Gasteiger partial charge < -0.3 is 15.4 Å². The Labute approximate surface area is 119 Å². The molecule has 0 fully saturated rings. The number of nitrogens with one attached hydrogen (secondary N) is 2. The molecule has 1 aromatic rings. The highest BCUT2D eigenvalue weighted by molar-refractivity contribution is 7.99. The maximum absolute atomic E-state index is 12.4. The van der Waals surface area contributed by atoms with E-state index in [-0.39, 0.29) is 23.7 Å². The van der Waals surface area contributed by atoms with Crippen molar-refractivity contribution in [2.24, 2.45) is 0 Å². The van der Waals surface area contributed by atoms with Gasteiger partial charge in [0.15, 0.2) is 0 Å². The van der Waals surface area contributed by atoms with Crippen LogP contribution < -0.4 is 10.6 Å². The smallest absolute Gasteiger partial charge is 0.325 e. The van der Waals surface area contributed by atoms with Crippen molar-refractivity contribution < 1.29 is 23.1 Å². The Morgan fingerprint density at radius 1 is 1.35 bits per heavy atom. The summed E-state index contributed by atoms with van der Waals surface area (Å²) in [5, 5.41) is 4.68. The number of hydrogen-bond acceptors (Lipinski definition) is 4. The quantitative estimate of drug-likeness (QED) is 0.626. The van der Waals surface area contributed by atoms with Crippen molar-refractivity contribution in [3.8, 4) is 0 Å². The lowest BCUT2D eigenvalue weighted by atomic mass is 10.3. The van der Waals surface area contributed by atoms with Crippen LogP contribution in [0.3, 0.4) is 0 Å². The number of carbonyl (C=O) groups is 2. The zero-order valence-corrected chi connectivity index (χ0v) is 11.5. The number of thioether (sulfide) groups is 1. The molecule has 0 saturated carbocycles. The van der Waals surface area contributed by atoms with Gasteiger partial charge in [-0.05, 0) is 19.1 Å². The number of amides is 2. The van der Waals surface area contributed by atoms with Gasteiger partial charge in [0.2, 0.25) is 0 Å². The third-order valence-electron chi connectivity index (χ3n) is 2.05. The number of para-hydroxylation sites is 1. The van der Waals surface area contributed by atoms with E-state index in [1.165, 1.54) is 12.1 Å². The van der Waals surface area contributed by atoms with Gasteiger partial charge in [0.1, 0.15) is 6.54 Å². The van der Waals surface area contributed by atoms with E-state index in [0.717, 1.165) is 0 Å². The Morgan fingerprint density at radius 2 is 2.05 bits per heavy atom. The summed E-state index contributed by atoms with van der Waals surface area (Å²) in [6.45, 7) is 1.58. The molecular formula is C12H14F2N2O3S. The highest BCUT2D eigenvalue weighted by Gasteiger charge is 2.12. The van der Waals surface area contributed by atoms with Crippen molar-refractivity contribution in [3.63, 3.8) is 0 Å². The minimum atomic E-state index is -2.58. The molecule has 0 bridgehead atoms. The fourth-order valence-electron chi connectivity index (χ4n) is 1.30. The average Bonchev–Trinajstić information content (AvgIpc) is 2.38. The van der Waals surface area contributed by atoms with Crippen molar-refractivity contribution in [1.82, 2.24) is 5.32 Å². The molecule has 8 heteroatoms. The molecule has 0 aliphatic carbocycles. The zero-order chi connectivity index (χ0) is 15.0. The van der Waals surface area contributed by atoms with Crippen LogP contribution in [0.4, 0.5) is 19.3 Å². The van der Waals surface area contributed by atoms with Gasteiger partial charge in [0.25, 0.3) is 5.76 Å². The van der Waals surface area contributed by atoms with E-state index in [1.54, 1.807) is 19.1 Å². The van der Waals surface area contributed by atoms with Gasteiger partial charge in [-0.2, -0.15) is 8.78 Å². The molecule has 0 aliphatic heterocycles. The number of esters is 1. The first-order valence-electron chi connectivity index (χ1n) is 5.77. The SMILES string of the molecule is CCOC(=O)CNC(=O)Nc1ccccc1SC(F)F. The van der Waals surface area contributed by atoms with Gasteiger partial charge in [0.05, 0.1) is 12.3 Å². The highest BCUT2D eigenvalue weighted by Crippen LogP contribution is 2.31. The maximum Gasteiger partial charge on any atom is 0.325 e. The lowest BCUT2D eigenvalue weighted by Crippen LogP contribution is -2.34. The number of hydrogen-bond donors (Lipinski definition) is 2. The van der Waals surface area contributed by atoms with E-state index < -0.39 is 17.8 Å². The van der Waals surface area contributed by atoms with Gasteiger partial charge in [0, 0.05) is 4.90 Å². The first-order valence-corrected chi connectivity index (χ1v) is 6.65. The monoisotopic (exact) mass is 304 g/mol. The molecule has 110 valence electrons. The van der Waals surface area contributed by atoms with E-state index >= 15 is 0 Å². The lowest BCUT2D eigenvalue weighted by molar-refractivity contribution is -0.141. The number of halogens is 2. The Hall–Kier alpha value is -1.83. The number of alkyl halides is 2. The van der Waals surface area contributed by atoms with Crippen molar-refractivity contribution in [2.45, 2.75) is 17.6 Å². The molecule has 5 nitrogen and oxygen atoms in total. The Bertz CT molecular complexity index is 472. The van der Waals surface area contributed by atoms with Gasteiger partial charge in [-0.25, -0.2) is 4.79 Å². The molecule has 0 saturated heterocycles. The molecule has 0 atom stereocenters. The molecule has 0 radical (unpaired) electrons. The third kappa shape index (κ3) is 5.87. The number of benzene rings is 1. The van der Waals surface area contributed by atoms with Crippen LogP contribution in [0, 0.1) is 0 Å². The van der Waals surface area contributed by atoms with Gasteiger partial charge >= 0.3 is 12.0 Å². The second-order valence-electron chi connectivity index (χ2n) is 3.49. The van der Waals surface area contributed by atoms with Crippen molar-refractivity contribution >= 4 is 29.4 Å². The molecule has 0 heterocycles. The van der Waals surface area contributed by atoms with Crippen molar-refractivity contribution in [1.29, 1.82) is 0 Å². The number of rotatable bonds is 6. The van der Waals surface area contributed by atoms with Crippen molar-refractivity contribution in [2.75, 3.05) is 18.5 Å². The molecule has 0 aromatic heterocycles. The fraction of sp³-hybridized carbons (Fsp3) is 0.333. The number of carbonyl (C=O) groups excluding carboxylic acids is 2. The summed E-state index contributed by atoms with van der Waals surface area (Å²) >= 11 is 0.332. The molecule has 2 N–H and O–H groups in total. The topological polar surface area (TPSA) is 67.4 Å². The van der Waals surface area contributed by atoms with Crippen molar-refractivity contribution in [3.05, 3.63) is 24.3 Å². The molecule has 0 aliphatic rings. The molecule has 2 amide bonds. The largest absolute Gasteiger partial charge is 0.465 e. The second-order valence-corrected chi connectivity index (χ2v) is 4.52. The van der Waals surface area contributed by atoms with Crippen LogP contribution in [0.15, 0.2) is 29.2 Å². The van der Waals surface area contributed by atoms with Crippen LogP contribution in [-0.4, -0.2) is 30.9 Å². The van der Waals surface area contributed by atoms with Crippen LogP contribution in [0.5, 0.6) is 0 Å². The normalized spacial score (nSPS) is 10.2. The minimum absolute atomic E-state index is 0.218.